The Morgan fingerprint density at radius 1 is 1.43 bits per heavy atom. The number of carbonyl (C=O) groups is 2. The minimum absolute atomic E-state index is 0.150. The van der Waals surface area contributed by atoms with Crippen molar-refractivity contribution in [3.8, 4) is 0 Å². The van der Waals surface area contributed by atoms with Gasteiger partial charge in [0.15, 0.2) is 0 Å². The average molecular weight is 357 g/mol. The van der Waals surface area contributed by atoms with Crippen LogP contribution in [0.2, 0.25) is 0 Å². The number of nitrogens with zero attached hydrogens (tertiary/aromatic N) is 1. The third kappa shape index (κ3) is 3.95. The summed E-state index contributed by atoms with van der Waals surface area (Å²) >= 11 is 3.25. The normalized spacial score (nSPS) is 20.5. The Bertz CT molecular complexity index is 558. The molecule has 0 atom stereocenters. The van der Waals surface area contributed by atoms with E-state index in [1.165, 1.54) is 12.1 Å². The number of carboxylic acid groups (broad SMARTS) is 1. The fourth-order valence-electron chi connectivity index (χ4n) is 2.28. The molecule has 0 heterocycles. The molecule has 3 N–H and O–H groups in total. The van der Waals surface area contributed by atoms with Gasteiger partial charge in [-0.1, -0.05) is 0 Å². The Hall–Kier alpha value is -1.60. The van der Waals surface area contributed by atoms with Crippen molar-refractivity contribution in [1.29, 1.82) is 0 Å². The van der Waals surface area contributed by atoms with Gasteiger partial charge in [-0.05, 0) is 52.9 Å². The lowest BCUT2D eigenvalue weighted by atomic mass is 9.82. The van der Waals surface area contributed by atoms with Crippen molar-refractivity contribution >= 4 is 33.6 Å². The highest BCUT2D eigenvalue weighted by atomic mass is 79.9. The second kappa shape index (κ2) is 6.44. The lowest BCUT2D eigenvalue weighted by Gasteiger charge is -2.34. The van der Waals surface area contributed by atoms with Crippen molar-refractivity contribution < 1.29 is 19.8 Å². The third-order valence-electron chi connectivity index (χ3n) is 3.55. The van der Waals surface area contributed by atoms with Crippen molar-refractivity contribution in [2.75, 3.05) is 18.9 Å². The Morgan fingerprint density at radius 3 is 2.62 bits per heavy atom. The standard InChI is InChI=1S/C14H17BrN2O4/c1-17(7-8-4-10(18)5-8)14(21)16-12-3-2-9(13(19)20)6-11(12)15/h2-3,6,8,10,18H,4-5,7H2,1H3,(H,16,21)(H,19,20). The molecule has 0 bridgehead atoms. The zero-order valence-electron chi connectivity index (χ0n) is 11.5. The molecule has 0 radical (unpaired) electrons. The van der Waals surface area contributed by atoms with Crippen LogP contribution in [0.1, 0.15) is 23.2 Å². The van der Waals surface area contributed by atoms with Crippen molar-refractivity contribution in [2.45, 2.75) is 18.9 Å². The van der Waals surface area contributed by atoms with Crippen LogP contribution in [0.15, 0.2) is 22.7 Å². The van der Waals surface area contributed by atoms with Gasteiger partial charge in [0.1, 0.15) is 0 Å². The number of anilines is 1. The van der Waals surface area contributed by atoms with E-state index < -0.39 is 5.97 Å². The van der Waals surface area contributed by atoms with E-state index in [1.807, 2.05) is 0 Å². The Labute approximate surface area is 130 Å². The molecule has 7 heteroatoms. The van der Waals surface area contributed by atoms with Crippen LogP contribution in [0, 0.1) is 5.92 Å². The van der Waals surface area contributed by atoms with Crippen molar-refractivity contribution in [3.05, 3.63) is 28.2 Å². The first-order valence-corrected chi connectivity index (χ1v) is 7.39. The molecule has 1 saturated carbocycles. The molecular formula is C14H17BrN2O4. The zero-order chi connectivity index (χ0) is 15.6. The minimum atomic E-state index is -1.02. The van der Waals surface area contributed by atoms with Crippen LogP contribution in [0.3, 0.4) is 0 Å². The monoisotopic (exact) mass is 356 g/mol. The molecule has 2 amide bonds. The minimum Gasteiger partial charge on any atom is -0.478 e. The summed E-state index contributed by atoms with van der Waals surface area (Å²) in [5.41, 5.74) is 0.669. The molecule has 1 fully saturated rings. The number of carbonyl (C=O) groups excluding carboxylic acids is 1. The van der Waals surface area contributed by atoms with Gasteiger partial charge in [0.05, 0.1) is 17.4 Å². The van der Waals surface area contributed by atoms with Crippen LogP contribution < -0.4 is 5.32 Å². The highest BCUT2D eigenvalue weighted by Gasteiger charge is 2.29. The summed E-state index contributed by atoms with van der Waals surface area (Å²) < 4.78 is 0.517. The zero-order valence-corrected chi connectivity index (χ0v) is 13.1. The molecule has 0 spiro atoms. The SMILES string of the molecule is CN(CC1CC(O)C1)C(=O)Nc1ccc(C(=O)O)cc1Br. The fourth-order valence-corrected chi connectivity index (χ4v) is 2.76. The molecule has 0 unspecified atom stereocenters. The lowest BCUT2D eigenvalue weighted by molar-refractivity contribution is 0.0332. The first-order valence-electron chi connectivity index (χ1n) is 6.60. The number of benzene rings is 1. The van der Waals surface area contributed by atoms with E-state index >= 15 is 0 Å². The molecule has 0 saturated heterocycles. The van der Waals surface area contributed by atoms with E-state index in [9.17, 15) is 14.7 Å². The van der Waals surface area contributed by atoms with Gasteiger partial charge in [-0.25, -0.2) is 9.59 Å². The fraction of sp³-hybridized carbons (Fsp3) is 0.429. The Balaban J connectivity index is 1.94. The van der Waals surface area contributed by atoms with Gasteiger partial charge in [0.25, 0.3) is 0 Å². The number of hydrogen-bond acceptors (Lipinski definition) is 3. The largest absolute Gasteiger partial charge is 0.478 e. The van der Waals surface area contributed by atoms with Crippen molar-refractivity contribution in [3.63, 3.8) is 0 Å². The first kappa shape index (κ1) is 15.8. The number of aliphatic hydroxyl groups excluding tert-OH is 1. The van der Waals surface area contributed by atoms with Crippen LogP contribution in [0.5, 0.6) is 0 Å². The molecule has 6 nitrogen and oxygen atoms in total. The van der Waals surface area contributed by atoms with E-state index in [4.69, 9.17) is 5.11 Å². The van der Waals surface area contributed by atoms with E-state index in [1.54, 1.807) is 18.0 Å². The molecule has 2 rings (SSSR count). The quantitative estimate of drug-likeness (QED) is 0.772. The second-order valence-electron chi connectivity index (χ2n) is 5.30. The summed E-state index contributed by atoms with van der Waals surface area (Å²) in [5.74, 6) is -0.678. The van der Waals surface area contributed by atoms with Crippen LogP contribution in [-0.2, 0) is 0 Å². The number of rotatable bonds is 4. The van der Waals surface area contributed by atoms with Crippen LogP contribution >= 0.6 is 15.9 Å². The first-order chi connectivity index (χ1) is 9.86. The number of aliphatic hydroxyl groups is 1. The van der Waals surface area contributed by atoms with Gasteiger partial charge in [0.2, 0.25) is 0 Å². The van der Waals surface area contributed by atoms with Gasteiger partial charge < -0.3 is 20.4 Å². The number of urea groups is 1. The van der Waals surface area contributed by atoms with E-state index in [-0.39, 0.29) is 17.7 Å². The van der Waals surface area contributed by atoms with Gasteiger partial charge >= 0.3 is 12.0 Å². The highest BCUT2D eigenvalue weighted by Crippen LogP contribution is 2.28. The molecule has 1 aliphatic rings. The maximum absolute atomic E-state index is 12.1. The molecule has 1 aliphatic carbocycles. The smallest absolute Gasteiger partial charge is 0.335 e. The second-order valence-corrected chi connectivity index (χ2v) is 6.16. The van der Waals surface area contributed by atoms with Gasteiger partial charge in [-0.3, -0.25) is 0 Å². The molecule has 0 aliphatic heterocycles. The summed E-state index contributed by atoms with van der Waals surface area (Å²) in [6, 6.07) is 4.16. The van der Waals surface area contributed by atoms with E-state index in [0.29, 0.717) is 22.6 Å². The maximum atomic E-state index is 12.1. The van der Waals surface area contributed by atoms with Crippen LogP contribution in [0.4, 0.5) is 10.5 Å². The molecular weight excluding hydrogens is 340 g/mol. The molecule has 21 heavy (non-hydrogen) atoms. The number of halogens is 1. The van der Waals surface area contributed by atoms with Crippen molar-refractivity contribution in [2.24, 2.45) is 5.92 Å². The number of nitrogens with one attached hydrogen (secondary N) is 1. The maximum Gasteiger partial charge on any atom is 0.335 e. The predicted molar refractivity (Wildman–Crippen MR) is 81.5 cm³/mol. The lowest BCUT2D eigenvalue weighted by Crippen LogP contribution is -2.41. The summed E-state index contributed by atoms with van der Waals surface area (Å²) in [5, 5.41) is 20.9. The highest BCUT2D eigenvalue weighted by molar-refractivity contribution is 9.10. The van der Waals surface area contributed by atoms with Gasteiger partial charge in [-0.2, -0.15) is 0 Å². The van der Waals surface area contributed by atoms with E-state index in [0.717, 1.165) is 12.8 Å². The Kier molecular flexibility index (Phi) is 4.84. The van der Waals surface area contributed by atoms with E-state index in [2.05, 4.69) is 21.2 Å². The number of carboxylic acids is 1. The van der Waals surface area contributed by atoms with Crippen molar-refractivity contribution in [1.82, 2.24) is 4.90 Å². The van der Waals surface area contributed by atoms with Crippen LogP contribution in [0.25, 0.3) is 0 Å². The van der Waals surface area contributed by atoms with Gasteiger partial charge in [-0.15, -0.1) is 0 Å². The third-order valence-corrected chi connectivity index (χ3v) is 4.20. The summed E-state index contributed by atoms with van der Waals surface area (Å²) in [7, 11) is 1.69. The molecule has 114 valence electrons. The number of hydrogen-bond donors (Lipinski definition) is 3. The Morgan fingerprint density at radius 2 is 2.10 bits per heavy atom. The summed E-state index contributed by atoms with van der Waals surface area (Å²) in [4.78, 5) is 24.5. The van der Waals surface area contributed by atoms with Gasteiger partial charge in [0, 0.05) is 18.1 Å². The number of aromatic carboxylic acids is 1. The summed E-state index contributed by atoms with van der Waals surface area (Å²) in [6.45, 7) is 0.591. The number of amides is 2. The summed E-state index contributed by atoms with van der Waals surface area (Å²) in [6.07, 6.45) is 1.23. The predicted octanol–water partition coefficient (Wildman–Crippen LogP) is 2.38. The molecule has 1 aromatic carbocycles. The van der Waals surface area contributed by atoms with Crippen LogP contribution in [-0.4, -0.2) is 46.8 Å². The molecule has 1 aromatic rings. The average Bonchev–Trinajstić information content (AvgIpc) is 2.38. The molecule has 0 aromatic heterocycles. The topological polar surface area (TPSA) is 89.9 Å².